The number of alkyl halides is 3. The number of anilines is 1. The number of amides is 2. The van der Waals surface area contributed by atoms with E-state index in [2.05, 4.69) is 26.6 Å². The summed E-state index contributed by atoms with van der Waals surface area (Å²) in [6, 6.07) is 11.0. The van der Waals surface area contributed by atoms with Crippen LogP contribution in [0.3, 0.4) is 0 Å². The quantitative estimate of drug-likeness (QED) is 0.354. The molecular weight excluding hydrogens is 579 g/mol. The van der Waals surface area contributed by atoms with Crippen LogP contribution in [-0.4, -0.2) is 37.8 Å². The molecule has 0 saturated heterocycles. The molecule has 1 heterocycles. The summed E-state index contributed by atoms with van der Waals surface area (Å²) >= 11 is 4.15. The maximum Gasteiger partial charge on any atom is 0.416 e. The molecular formula is C24H19BrF3N3O5S. The molecule has 0 fully saturated rings. The van der Waals surface area contributed by atoms with Crippen molar-refractivity contribution in [1.29, 1.82) is 5.26 Å². The molecule has 2 aromatic carbocycles. The van der Waals surface area contributed by atoms with Crippen LogP contribution in [0.25, 0.3) is 0 Å². The number of thioether (sulfide) groups is 1. The topological polar surface area (TPSA) is 118 Å². The van der Waals surface area contributed by atoms with E-state index in [1.165, 1.54) is 13.2 Å². The number of carbonyl (C=O) groups is 3. The van der Waals surface area contributed by atoms with Crippen LogP contribution in [-0.2, 0) is 25.3 Å². The maximum absolute atomic E-state index is 12.9. The van der Waals surface area contributed by atoms with E-state index in [-0.39, 0.29) is 22.0 Å². The summed E-state index contributed by atoms with van der Waals surface area (Å²) in [7, 11) is 2.58. The lowest BCUT2D eigenvalue weighted by Crippen LogP contribution is -2.44. The zero-order valence-electron chi connectivity index (χ0n) is 19.3. The van der Waals surface area contributed by atoms with Gasteiger partial charge in [0.15, 0.2) is 0 Å². The Balaban J connectivity index is 1.89. The van der Waals surface area contributed by atoms with Gasteiger partial charge in [-0.05, 0) is 51.8 Å². The van der Waals surface area contributed by atoms with Crippen molar-refractivity contribution in [3.63, 3.8) is 0 Å². The minimum absolute atomic E-state index is 0.0175. The van der Waals surface area contributed by atoms with E-state index >= 15 is 0 Å². The average molecular weight is 598 g/mol. The number of esters is 1. The number of nitrogens with zero attached hydrogens (tertiary/aromatic N) is 1. The van der Waals surface area contributed by atoms with Crippen molar-refractivity contribution in [3.8, 4) is 11.8 Å². The molecule has 2 aromatic rings. The summed E-state index contributed by atoms with van der Waals surface area (Å²) in [5.74, 6) is -4.49. The molecule has 2 atom stereocenters. The van der Waals surface area contributed by atoms with Crippen molar-refractivity contribution in [3.05, 3.63) is 68.7 Å². The molecule has 194 valence electrons. The number of ether oxygens (including phenoxy) is 2. The van der Waals surface area contributed by atoms with E-state index in [4.69, 9.17) is 9.47 Å². The fourth-order valence-electron chi connectivity index (χ4n) is 3.66. The molecule has 3 rings (SSSR count). The van der Waals surface area contributed by atoms with Gasteiger partial charge in [-0.25, -0.2) is 0 Å². The van der Waals surface area contributed by atoms with Crippen LogP contribution in [0.4, 0.5) is 18.9 Å². The third-order valence-corrected chi connectivity index (χ3v) is 6.98. The molecule has 0 saturated carbocycles. The number of allylic oxidation sites excluding steroid dienone is 1. The number of nitriles is 1. The van der Waals surface area contributed by atoms with E-state index in [0.29, 0.717) is 15.8 Å². The predicted octanol–water partition coefficient (Wildman–Crippen LogP) is 4.59. The summed E-state index contributed by atoms with van der Waals surface area (Å²) in [6.45, 7) is 0. The second-order valence-corrected chi connectivity index (χ2v) is 9.47. The molecule has 0 radical (unpaired) electrons. The van der Waals surface area contributed by atoms with Crippen LogP contribution in [0, 0.1) is 17.2 Å². The summed E-state index contributed by atoms with van der Waals surface area (Å²) < 4.78 is 49.3. The first kappa shape index (κ1) is 28.1. The monoisotopic (exact) mass is 597 g/mol. The number of carbonyl (C=O) groups excluding carboxylic acids is 3. The predicted molar refractivity (Wildman–Crippen MR) is 132 cm³/mol. The maximum atomic E-state index is 12.9. The lowest BCUT2D eigenvalue weighted by atomic mass is 9.78. The highest BCUT2D eigenvalue weighted by atomic mass is 79.9. The van der Waals surface area contributed by atoms with Crippen molar-refractivity contribution in [2.45, 2.75) is 12.1 Å². The van der Waals surface area contributed by atoms with Crippen LogP contribution >= 0.6 is 27.7 Å². The third kappa shape index (κ3) is 6.44. The highest BCUT2D eigenvalue weighted by molar-refractivity contribution is 9.10. The van der Waals surface area contributed by atoms with Crippen molar-refractivity contribution in [2.75, 3.05) is 25.3 Å². The van der Waals surface area contributed by atoms with Crippen molar-refractivity contribution in [1.82, 2.24) is 5.32 Å². The number of halogens is 4. The SMILES string of the molecule is COC(=O)[C@H]1C(=O)NC(SCC(=O)Nc2cccc(C(F)(F)F)c2)=C(C#N)[C@@H]1c1ccc(OC)c(Br)c1. The fraction of sp³-hybridized carbons (Fsp3) is 0.250. The number of hydrogen-bond acceptors (Lipinski definition) is 7. The molecule has 2 N–H and O–H groups in total. The molecule has 0 aliphatic carbocycles. The highest BCUT2D eigenvalue weighted by Gasteiger charge is 2.44. The smallest absolute Gasteiger partial charge is 0.416 e. The first-order chi connectivity index (χ1) is 17.5. The fourth-order valence-corrected chi connectivity index (χ4v) is 5.07. The Hall–Kier alpha value is -3.50. The lowest BCUT2D eigenvalue weighted by Gasteiger charge is -2.31. The van der Waals surface area contributed by atoms with E-state index in [1.54, 1.807) is 18.2 Å². The largest absolute Gasteiger partial charge is 0.496 e. The molecule has 0 unspecified atom stereocenters. The molecule has 1 aliphatic heterocycles. The lowest BCUT2D eigenvalue weighted by molar-refractivity contribution is -0.150. The first-order valence-electron chi connectivity index (χ1n) is 10.5. The van der Waals surface area contributed by atoms with Gasteiger partial charge in [0, 0.05) is 11.6 Å². The minimum Gasteiger partial charge on any atom is -0.496 e. The van der Waals surface area contributed by atoms with Gasteiger partial charge in [0.05, 0.1) is 46.7 Å². The normalized spacial score (nSPS) is 17.5. The van der Waals surface area contributed by atoms with E-state index in [9.17, 15) is 32.8 Å². The minimum atomic E-state index is -4.57. The average Bonchev–Trinajstić information content (AvgIpc) is 2.86. The van der Waals surface area contributed by atoms with Gasteiger partial charge >= 0.3 is 12.1 Å². The zero-order valence-corrected chi connectivity index (χ0v) is 21.7. The number of benzene rings is 2. The van der Waals surface area contributed by atoms with Crippen molar-refractivity contribution < 1.29 is 37.0 Å². The summed E-state index contributed by atoms with van der Waals surface area (Å²) in [6.07, 6.45) is -4.57. The van der Waals surface area contributed by atoms with Crippen LogP contribution in [0.5, 0.6) is 5.75 Å². The number of nitrogens with one attached hydrogen (secondary N) is 2. The van der Waals surface area contributed by atoms with Crippen LogP contribution in [0.2, 0.25) is 0 Å². The Kier molecular flexibility index (Phi) is 8.88. The van der Waals surface area contributed by atoms with Gasteiger partial charge in [0.25, 0.3) is 0 Å². The van der Waals surface area contributed by atoms with Crippen LogP contribution in [0.1, 0.15) is 17.0 Å². The van der Waals surface area contributed by atoms with Gasteiger partial charge in [-0.3, -0.25) is 14.4 Å². The molecule has 0 aromatic heterocycles. The van der Waals surface area contributed by atoms with Gasteiger partial charge < -0.3 is 20.1 Å². The van der Waals surface area contributed by atoms with E-state index in [0.717, 1.165) is 37.1 Å². The molecule has 37 heavy (non-hydrogen) atoms. The molecule has 13 heteroatoms. The Morgan fingerprint density at radius 2 is 1.95 bits per heavy atom. The van der Waals surface area contributed by atoms with Gasteiger partial charge in [-0.2, -0.15) is 18.4 Å². The van der Waals surface area contributed by atoms with Crippen LogP contribution < -0.4 is 15.4 Å². The zero-order chi connectivity index (χ0) is 27.3. The third-order valence-electron chi connectivity index (χ3n) is 5.34. The molecule has 0 bridgehead atoms. The Bertz CT molecular complexity index is 1310. The first-order valence-corrected chi connectivity index (χ1v) is 12.2. The van der Waals surface area contributed by atoms with Crippen molar-refractivity contribution >= 4 is 51.2 Å². The molecule has 2 amide bonds. The number of methoxy groups -OCH3 is 2. The van der Waals surface area contributed by atoms with E-state index < -0.39 is 41.4 Å². The van der Waals surface area contributed by atoms with Gasteiger partial charge in [-0.1, -0.05) is 23.9 Å². The molecule has 1 aliphatic rings. The second kappa shape index (κ2) is 11.7. The second-order valence-electron chi connectivity index (χ2n) is 7.63. The van der Waals surface area contributed by atoms with Crippen molar-refractivity contribution in [2.24, 2.45) is 5.92 Å². The summed E-state index contributed by atoms with van der Waals surface area (Å²) in [4.78, 5) is 37.9. The van der Waals surface area contributed by atoms with E-state index in [1.807, 2.05) is 6.07 Å². The Labute approximate surface area is 222 Å². The summed E-state index contributed by atoms with van der Waals surface area (Å²) in [5.41, 5.74) is -0.520. The van der Waals surface area contributed by atoms with Gasteiger partial charge in [-0.15, -0.1) is 0 Å². The summed E-state index contributed by atoms with van der Waals surface area (Å²) in [5, 5.41) is 14.9. The van der Waals surface area contributed by atoms with Crippen LogP contribution in [0.15, 0.2) is 57.5 Å². The van der Waals surface area contributed by atoms with Gasteiger partial charge in [0.1, 0.15) is 11.7 Å². The number of rotatable bonds is 7. The highest BCUT2D eigenvalue weighted by Crippen LogP contribution is 2.42. The Morgan fingerprint density at radius 3 is 2.54 bits per heavy atom. The molecule has 8 nitrogen and oxygen atoms in total. The number of hydrogen-bond donors (Lipinski definition) is 2. The standard InChI is InChI=1S/C24H19BrF3N3O5S/c1-35-17-7-6-12(8-16(17)25)19-15(10-29)22(31-21(33)20(19)23(34)36-2)37-11-18(32)30-14-5-3-4-13(9-14)24(26,27)28/h3-9,19-20H,11H2,1-2H3,(H,30,32)(H,31,33)/t19-,20+/m0/s1. The molecule has 0 spiro atoms. The van der Waals surface area contributed by atoms with Gasteiger partial charge in [0.2, 0.25) is 11.8 Å². The Morgan fingerprint density at radius 1 is 1.22 bits per heavy atom.